The fourth-order valence-corrected chi connectivity index (χ4v) is 3.52. The van der Waals surface area contributed by atoms with Crippen molar-refractivity contribution in [3.8, 4) is 0 Å². The highest BCUT2D eigenvalue weighted by molar-refractivity contribution is 8.18. The number of amidine groups is 1. The summed E-state index contributed by atoms with van der Waals surface area (Å²) in [7, 11) is 0. The predicted molar refractivity (Wildman–Crippen MR) is 105 cm³/mol. The summed E-state index contributed by atoms with van der Waals surface area (Å²) in [6.45, 7) is 2.62. The number of hydrogen-bond donors (Lipinski definition) is 1. The van der Waals surface area contributed by atoms with Crippen LogP contribution in [0, 0.1) is 0 Å². The van der Waals surface area contributed by atoms with Crippen LogP contribution in [0.15, 0.2) is 64.5 Å². The molecule has 0 spiro atoms. The van der Waals surface area contributed by atoms with E-state index >= 15 is 0 Å². The third-order valence-corrected chi connectivity index (χ3v) is 4.78. The number of aliphatic imine (C=N–C) groups is 1. The Kier molecular flexibility index (Phi) is 5.53. The van der Waals surface area contributed by atoms with Gasteiger partial charge in [-0.25, -0.2) is 9.79 Å². The van der Waals surface area contributed by atoms with Crippen LogP contribution in [0.4, 0.5) is 5.69 Å². The number of para-hydroxylation sites is 1. The van der Waals surface area contributed by atoms with Gasteiger partial charge in [0.25, 0.3) is 5.91 Å². The van der Waals surface area contributed by atoms with E-state index in [0.29, 0.717) is 16.6 Å². The number of aromatic carboxylic acids is 1. The van der Waals surface area contributed by atoms with Crippen LogP contribution in [0.25, 0.3) is 6.08 Å². The van der Waals surface area contributed by atoms with Crippen LogP contribution in [0.1, 0.15) is 29.3 Å². The summed E-state index contributed by atoms with van der Waals surface area (Å²) in [5.74, 6) is -1.05. The maximum absolute atomic E-state index is 12.7. The molecule has 0 radical (unpaired) electrons. The van der Waals surface area contributed by atoms with Crippen molar-refractivity contribution in [2.75, 3.05) is 6.54 Å². The Morgan fingerprint density at radius 3 is 2.46 bits per heavy atom. The van der Waals surface area contributed by atoms with Crippen LogP contribution in [0.5, 0.6) is 0 Å². The Bertz CT molecular complexity index is 874. The Morgan fingerprint density at radius 2 is 1.85 bits per heavy atom. The summed E-state index contributed by atoms with van der Waals surface area (Å²) in [5, 5.41) is 9.64. The van der Waals surface area contributed by atoms with Gasteiger partial charge in [0.1, 0.15) is 0 Å². The molecule has 132 valence electrons. The quantitative estimate of drug-likeness (QED) is 0.796. The minimum atomic E-state index is -0.970. The van der Waals surface area contributed by atoms with E-state index in [4.69, 9.17) is 5.11 Å². The van der Waals surface area contributed by atoms with Gasteiger partial charge in [-0.3, -0.25) is 9.69 Å². The van der Waals surface area contributed by atoms with Crippen LogP contribution >= 0.6 is 11.8 Å². The van der Waals surface area contributed by atoms with Gasteiger partial charge in [0, 0.05) is 6.54 Å². The number of thioether (sulfide) groups is 1. The van der Waals surface area contributed by atoms with Crippen molar-refractivity contribution in [3.05, 3.63) is 70.6 Å². The van der Waals surface area contributed by atoms with Crippen molar-refractivity contribution >= 4 is 40.6 Å². The fourth-order valence-electron chi connectivity index (χ4n) is 2.50. The van der Waals surface area contributed by atoms with Crippen LogP contribution in [-0.2, 0) is 4.79 Å². The molecular formula is C20H18N2O3S. The lowest BCUT2D eigenvalue weighted by Crippen LogP contribution is -2.29. The molecule has 1 fully saturated rings. The molecule has 1 N–H and O–H groups in total. The summed E-state index contributed by atoms with van der Waals surface area (Å²) in [6, 6.07) is 16.0. The molecule has 0 aliphatic carbocycles. The second-order valence-electron chi connectivity index (χ2n) is 5.72. The van der Waals surface area contributed by atoms with E-state index in [1.165, 1.54) is 23.9 Å². The van der Waals surface area contributed by atoms with Crippen LogP contribution in [0.3, 0.4) is 0 Å². The van der Waals surface area contributed by atoms with Gasteiger partial charge in [0.15, 0.2) is 5.17 Å². The second-order valence-corrected chi connectivity index (χ2v) is 6.73. The largest absolute Gasteiger partial charge is 0.478 e. The molecular weight excluding hydrogens is 348 g/mol. The van der Waals surface area contributed by atoms with E-state index < -0.39 is 5.97 Å². The molecule has 0 saturated carbocycles. The van der Waals surface area contributed by atoms with Crippen LogP contribution in [-0.4, -0.2) is 33.6 Å². The van der Waals surface area contributed by atoms with E-state index in [1.807, 2.05) is 37.3 Å². The second kappa shape index (κ2) is 8.01. The molecule has 0 atom stereocenters. The summed E-state index contributed by atoms with van der Waals surface area (Å²) < 4.78 is 0. The Labute approximate surface area is 156 Å². The van der Waals surface area contributed by atoms with E-state index in [1.54, 1.807) is 23.1 Å². The minimum absolute atomic E-state index is 0.0751. The first-order valence-electron chi connectivity index (χ1n) is 8.27. The molecule has 5 nitrogen and oxygen atoms in total. The highest BCUT2D eigenvalue weighted by Gasteiger charge is 2.32. The standard InChI is InChI=1S/C20H18N2O3S/c1-2-12-22-18(23)17(13-14-8-10-15(11-9-14)19(24)25)26-20(22)21-16-6-4-3-5-7-16/h3-11,13H,2,12H2,1H3,(H,24,25). The van der Waals surface area contributed by atoms with Crippen molar-refractivity contribution in [2.45, 2.75) is 13.3 Å². The molecule has 0 aromatic heterocycles. The number of carbonyl (C=O) groups excluding carboxylic acids is 1. The lowest BCUT2D eigenvalue weighted by molar-refractivity contribution is -0.122. The topological polar surface area (TPSA) is 70.0 Å². The maximum atomic E-state index is 12.7. The zero-order valence-corrected chi connectivity index (χ0v) is 15.1. The molecule has 0 unspecified atom stereocenters. The zero-order chi connectivity index (χ0) is 18.5. The molecule has 0 bridgehead atoms. The van der Waals surface area contributed by atoms with E-state index in [0.717, 1.165) is 17.7 Å². The number of carboxylic acid groups (broad SMARTS) is 1. The van der Waals surface area contributed by atoms with E-state index in [2.05, 4.69) is 4.99 Å². The molecule has 1 heterocycles. The van der Waals surface area contributed by atoms with Gasteiger partial charge in [-0.15, -0.1) is 0 Å². The zero-order valence-electron chi connectivity index (χ0n) is 14.3. The predicted octanol–water partition coefficient (Wildman–Crippen LogP) is 4.40. The van der Waals surface area contributed by atoms with Gasteiger partial charge in [0.05, 0.1) is 16.2 Å². The molecule has 1 aliphatic heterocycles. The van der Waals surface area contributed by atoms with Crippen molar-refractivity contribution in [2.24, 2.45) is 4.99 Å². The first-order chi connectivity index (χ1) is 12.6. The van der Waals surface area contributed by atoms with Gasteiger partial charge in [-0.1, -0.05) is 37.3 Å². The highest BCUT2D eigenvalue weighted by Crippen LogP contribution is 2.34. The van der Waals surface area contributed by atoms with E-state index in [-0.39, 0.29) is 11.5 Å². The molecule has 2 aromatic rings. The van der Waals surface area contributed by atoms with Gasteiger partial charge in [-0.2, -0.15) is 0 Å². The Morgan fingerprint density at radius 1 is 1.15 bits per heavy atom. The molecule has 3 rings (SSSR count). The average Bonchev–Trinajstić information content (AvgIpc) is 2.92. The first-order valence-corrected chi connectivity index (χ1v) is 9.08. The lowest BCUT2D eigenvalue weighted by Gasteiger charge is -2.13. The Hall–Kier alpha value is -2.86. The third-order valence-electron chi connectivity index (χ3n) is 3.77. The van der Waals surface area contributed by atoms with E-state index in [9.17, 15) is 9.59 Å². The molecule has 6 heteroatoms. The molecule has 1 amide bonds. The third kappa shape index (κ3) is 4.03. The number of rotatable bonds is 5. The number of hydrogen-bond acceptors (Lipinski definition) is 4. The molecule has 1 aliphatic rings. The summed E-state index contributed by atoms with van der Waals surface area (Å²) in [5.41, 5.74) is 1.80. The monoisotopic (exact) mass is 366 g/mol. The number of benzene rings is 2. The Balaban J connectivity index is 1.90. The smallest absolute Gasteiger partial charge is 0.335 e. The number of carboxylic acids is 1. The summed E-state index contributed by atoms with van der Waals surface area (Å²) in [4.78, 5) is 30.6. The van der Waals surface area contributed by atoms with Crippen molar-refractivity contribution in [1.29, 1.82) is 0 Å². The summed E-state index contributed by atoms with van der Waals surface area (Å²) in [6.07, 6.45) is 2.61. The summed E-state index contributed by atoms with van der Waals surface area (Å²) >= 11 is 1.34. The number of amides is 1. The van der Waals surface area contributed by atoms with Gasteiger partial charge < -0.3 is 5.11 Å². The van der Waals surface area contributed by atoms with Crippen molar-refractivity contribution < 1.29 is 14.7 Å². The van der Waals surface area contributed by atoms with Gasteiger partial charge >= 0.3 is 5.97 Å². The molecule has 26 heavy (non-hydrogen) atoms. The maximum Gasteiger partial charge on any atom is 0.335 e. The van der Waals surface area contributed by atoms with Crippen LogP contribution < -0.4 is 0 Å². The first kappa shape index (κ1) is 17.9. The van der Waals surface area contributed by atoms with Crippen molar-refractivity contribution in [3.63, 3.8) is 0 Å². The lowest BCUT2D eigenvalue weighted by atomic mass is 10.1. The minimum Gasteiger partial charge on any atom is -0.478 e. The fraction of sp³-hybridized carbons (Fsp3) is 0.150. The van der Waals surface area contributed by atoms with Crippen LogP contribution in [0.2, 0.25) is 0 Å². The average molecular weight is 366 g/mol. The molecule has 2 aromatic carbocycles. The van der Waals surface area contributed by atoms with Gasteiger partial charge in [-0.05, 0) is 54.1 Å². The number of carbonyl (C=O) groups is 2. The normalized spacial score (nSPS) is 17.3. The molecule has 1 saturated heterocycles. The number of nitrogens with zero attached hydrogens (tertiary/aromatic N) is 2. The van der Waals surface area contributed by atoms with Crippen molar-refractivity contribution in [1.82, 2.24) is 4.90 Å². The van der Waals surface area contributed by atoms with Gasteiger partial charge in [0.2, 0.25) is 0 Å². The SMILES string of the molecule is CCCN1C(=O)C(=Cc2ccc(C(=O)O)cc2)SC1=Nc1ccccc1. The highest BCUT2D eigenvalue weighted by atomic mass is 32.2.